The number of hydrogen-bond donors (Lipinski definition) is 1. The number of nitrogens with zero attached hydrogens (tertiary/aromatic N) is 7. The molecular formula is C24H32N8O4. The third-order valence-corrected chi connectivity index (χ3v) is 6.76. The number of fused-ring (bicyclic) bond motifs is 1. The SMILES string of the molecule is COc1ccc(-c2nc(N3CCN(CC(=O)N4CCOCC4)CC3)nc3nn(C)c(N)c23)cc1OC. The Morgan fingerprint density at radius 2 is 1.75 bits per heavy atom. The van der Waals surface area contributed by atoms with Crippen LogP contribution in [0.5, 0.6) is 11.5 Å². The zero-order chi connectivity index (χ0) is 25.2. The number of anilines is 2. The summed E-state index contributed by atoms with van der Waals surface area (Å²) in [6.07, 6.45) is 0. The summed E-state index contributed by atoms with van der Waals surface area (Å²) >= 11 is 0. The van der Waals surface area contributed by atoms with Crippen LogP contribution in [0.2, 0.25) is 0 Å². The van der Waals surface area contributed by atoms with Gasteiger partial charge in [-0.15, -0.1) is 0 Å². The number of amides is 1. The number of rotatable bonds is 6. The van der Waals surface area contributed by atoms with Gasteiger partial charge < -0.3 is 29.7 Å². The number of piperazine rings is 1. The largest absolute Gasteiger partial charge is 0.493 e. The molecule has 0 spiro atoms. The van der Waals surface area contributed by atoms with Gasteiger partial charge in [0.1, 0.15) is 5.82 Å². The number of methoxy groups -OCH3 is 2. The standard InChI is InChI=1S/C24H32N8O4/c1-29-22(25)20-21(16-4-5-17(34-2)18(14-16)35-3)26-24(27-23(20)28-29)32-8-6-30(7-9-32)15-19(33)31-10-12-36-13-11-31/h4-5,14H,6-13,15,25H2,1-3H3. The fourth-order valence-electron chi connectivity index (χ4n) is 4.65. The summed E-state index contributed by atoms with van der Waals surface area (Å²) < 4.78 is 17.9. The van der Waals surface area contributed by atoms with Crippen LogP contribution in [0.15, 0.2) is 18.2 Å². The number of aryl methyl sites for hydroxylation is 1. The van der Waals surface area contributed by atoms with Crippen molar-refractivity contribution in [3.05, 3.63) is 18.2 Å². The summed E-state index contributed by atoms with van der Waals surface area (Å²) in [6.45, 7) is 5.87. The highest BCUT2D eigenvalue weighted by Gasteiger charge is 2.26. The third-order valence-electron chi connectivity index (χ3n) is 6.76. The first-order valence-electron chi connectivity index (χ1n) is 12.0. The summed E-state index contributed by atoms with van der Waals surface area (Å²) in [7, 11) is 5.00. The number of carbonyl (C=O) groups is 1. The van der Waals surface area contributed by atoms with Gasteiger partial charge in [0.25, 0.3) is 0 Å². The van der Waals surface area contributed by atoms with E-state index in [-0.39, 0.29) is 5.91 Å². The average Bonchev–Trinajstić information content (AvgIpc) is 3.21. The number of ether oxygens (including phenoxy) is 3. The van der Waals surface area contributed by atoms with E-state index in [0.717, 1.165) is 18.7 Å². The molecular weight excluding hydrogens is 464 g/mol. The van der Waals surface area contributed by atoms with Crippen molar-refractivity contribution in [2.24, 2.45) is 7.05 Å². The van der Waals surface area contributed by atoms with Crippen molar-refractivity contribution in [3.63, 3.8) is 0 Å². The normalized spacial score (nSPS) is 17.0. The molecule has 2 N–H and O–H groups in total. The lowest BCUT2D eigenvalue weighted by Crippen LogP contribution is -2.51. The molecule has 2 aliphatic heterocycles. The predicted octanol–water partition coefficient (Wildman–Crippen LogP) is 0.611. The lowest BCUT2D eigenvalue weighted by Gasteiger charge is -2.36. The van der Waals surface area contributed by atoms with Crippen molar-refractivity contribution in [2.75, 3.05) is 83.9 Å². The van der Waals surface area contributed by atoms with Gasteiger partial charge in [-0.2, -0.15) is 10.1 Å². The van der Waals surface area contributed by atoms with Crippen LogP contribution in [0.1, 0.15) is 0 Å². The minimum Gasteiger partial charge on any atom is -0.493 e. The van der Waals surface area contributed by atoms with Gasteiger partial charge >= 0.3 is 0 Å². The summed E-state index contributed by atoms with van der Waals surface area (Å²) in [5, 5.41) is 5.22. The average molecular weight is 497 g/mol. The van der Waals surface area contributed by atoms with Gasteiger partial charge in [0.2, 0.25) is 11.9 Å². The molecule has 0 atom stereocenters. The smallest absolute Gasteiger partial charge is 0.236 e. The van der Waals surface area contributed by atoms with Crippen molar-refractivity contribution >= 4 is 28.7 Å². The maximum Gasteiger partial charge on any atom is 0.236 e. The number of carbonyl (C=O) groups excluding carboxylic acids is 1. The zero-order valence-electron chi connectivity index (χ0n) is 20.9. The van der Waals surface area contributed by atoms with Crippen LogP contribution < -0.4 is 20.1 Å². The molecule has 36 heavy (non-hydrogen) atoms. The van der Waals surface area contributed by atoms with Crippen LogP contribution >= 0.6 is 0 Å². The fraction of sp³-hybridized carbons (Fsp3) is 0.500. The Kier molecular flexibility index (Phi) is 6.79. The Balaban J connectivity index is 1.39. The third kappa shape index (κ3) is 4.61. The molecule has 3 aromatic rings. The van der Waals surface area contributed by atoms with Gasteiger partial charge in [0, 0.05) is 51.9 Å². The second-order valence-electron chi connectivity index (χ2n) is 8.91. The number of hydrogen-bond acceptors (Lipinski definition) is 10. The highest BCUT2D eigenvalue weighted by atomic mass is 16.5. The molecule has 0 bridgehead atoms. The Labute approximate surface area is 209 Å². The maximum atomic E-state index is 12.6. The molecule has 4 heterocycles. The minimum atomic E-state index is 0.157. The molecule has 0 aliphatic carbocycles. The van der Waals surface area contributed by atoms with Crippen molar-refractivity contribution < 1.29 is 19.0 Å². The summed E-state index contributed by atoms with van der Waals surface area (Å²) in [5.41, 5.74) is 8.41. The van der Waals surface area contributed by atoms with E-state index in [0.29, 0.717) is 85.9 Å². The van der Waals surface area contributed by atoms with E-state index < -0.39 is 0 Å². The van der Waals surface area contributed by atoms with Gasteiger partial charge in [0.15, 0.2) is 17.1 Å². The first-order valence-corrected chi connectivity index (χ1v) is 12.0. The van der Waals surface area contributed by atoms with Crippen molar-refractivity contribution in [1.82, 2.24) is 29.5 Å². The van der Waals surface area contributed by atoms with Crippen LogP contribution in [0.4, 0.5) is 11.8 Å². The molecule has 12 heteroatoms. The molecule has 2 fully saturated rings. The van der Waals surface area contributed by atoms with E-state index in [1.807, 2.05) is 23.1 Å². The first-order chi connectivity index (χ1) is 17.5. The van der Waals surface area contributed by atoms with Crippen molar-refractivity contribution in [2.45, 2.75) is 0 Å². The van der Waals surface area contributed by atoms with Crippen LogP contribution in [-0.2, 0) is 16.6 Å². The molecule has 1 aromatic carbocycles. The fourth-order valence-corrected chi connectivity index (χ4v) is 4.65. The van der Waals surface area contributed by atoms with Gasteiger partial charge in [0.05, 0.1) is 45.1 Å². The Hall–Kier alpha value is -3.64. The van der Waals surface area contributed by atoms with Crippen LogP contribution in [0, 0.1) is 0 Å². The van der Waals surface area contributed by atoms with Crippen LogP contribution in [-0.4, -0.2) is 109 Å². The predicted molar refractivity (Wildman–Crippen MR) is 135 cm³/mol. The lowest BCUT2D eigenvalue weighted by atomic mass is 10.1. The summed E-state index contributed by atoms with van der Waals surface area (Å²) in [4.78, 5) is 28.5. The molecule has 12 nitrogen and oxygen atoms in total. The highest BCUT2D eigenvalue weighted by Crippen LogP contribution is 2.36. The first kappa shape index (κ1) is 24.1. The minimum absolute atomic E-state index is 0.157. The van der Waals surface area contributed by atoms with Gasteiger partial charge in [-0.1, -0.05) is 0 Å². The number of morpholine rings is 1. The molecule has 2 aliphatic rings. The van der Waals surface area contributed by atoms with Crippen molar-refractivity contribution in [1.29, 1.82) is 0 Å². The van der Waals surface area contributed by atoms with E-state index in [1.54, 1.807) is 25.9 Å². The van der Waals surface area contributed by atoms with Gasteiger partial charge in [-0.25, -0.2) is 4.98 Å². The topological polar surface area (TPSA) is 124 Å². The maximum absolute atomic E-state index is 12.6. The van der Waals surface area contributed by atoms with E-state index >= 15 is 0 Å². The second kappa shape index (κ2) is 10.2. The zero-order valence-corrected chi connectivity index (χ0v) is 20.9. The Morgan fingerprint density at radius 1 is 1.03 bits per heavy atom. The van der Waals surface area contributed by atoms with Crippen molar-refractivity contribution in [3.8, 4) is 22.8 Å². The van der Waals surface area contributed by atoms with Crippen LogP contribution in [0.25, 0.3) is 22.3 Å². The summed E-state index contributed by atoms with van der Waals surface area (Å²) in [6, 6.07) is 5.65. The quantitative estimate of drug-likeness (QED) is 0.519. The van der Waals surface area contributed by atoms with Crippen LogP contribution in [0.3, 0.4) is 0 Å². The van der Waals surface area contributed by atoms with E-state index in [1.165, 1.54) is 0 Å². The molecule has 0 unspecified atom stereocenters. The molecule has 192 valence electrons. The number of benzene rings is 1. The molecule has 2 saturated heterocycles. The van der Waals surface area contributed by atoms with Gasteiger partial charge in [-0.05, 0) is 18.2 Å². The van der Waals surface area contributed by atoms with E-state index in [2.05, 4.69) is 14.9 Å². The number of nitrogens with two attached hydrogens (primary N) is 1. The summed E-state index contributed by atoms with van der Waals surface area (Å²) in [5.74, 6) is 2.47. The Bertz CT molecular complexity index is 1250. The second-order valence-corrected chi connectivity index (χ2v) is 8.91. The Morgan fingerprint density at radius 3 is 2.44 bits per heavy atom. The lowest BCUT2D eigenvalue weighted by molar-refractivity contribution is -0.136. The molecule has 0 saturated carbocycles. The molecule has 0 radical (unpaired) electrons. The number of aromatic nitrogens is 4. The molecule has 1 amide bonds. The number of nitrogen functional groups attached to an aromatic ring is 1. The molecule has 2 aromatic heterocycles. The highest BCUT2D eigenvalue weighted by molar-refractivity contribution is 5.99. The monoisotopic (exact) mass is 496 g/mol. The van der Waals surface area contributed by atoms with Gasteiger partial charge in [-0.3, -0.25) is 14.4 Å². The van der Waals surface area contributed by atoms with E-state index in [9.17, 15) is 4.79 Å². The molecule has 5 rings (SSSR count). The van der Waals surface area contributed by atoms with E-state index in [4.69, 9.17) is 29.9 Å².